The Morgan fingerprint density at radius 2 is 1.77 bits per heavy atom. The molecule has 22 heavy (non-hydrogen) atoms. The summed E-state index contributed by atoms with van der Waals surface area (Å²) in [4.78, 5) is 23.5. The van der Waals surface area contributed by atoms with Gasteiger partial charge < -0.3 is 14.2 Å². The van der Waals surface area contributed by atoms with Gasteiger partial charge in [0.05, 0.1) is 0 Å². The van der Waals surface area contributed by atoms with Crippen molar-refractivity contribution in [2.75, 3.05) is 0 Å². The number of esters is 2. The van der Waals surface area contributed by atoms with Crippen LogP contribution in [0.3, 0.4) is 0 Å². The van der Waals surface area contributed by atoms with E-state index in [2.05, 4.69) is 4.74 Å². The minimum atomic E-state index is -3.21. The Labute approximate surface area is 123 Å². The smallest absolute Gasteiger partial charge is 0.387 e. The molecule has 0 atom stereocenters. The summed E-state index contributed by atoms with van der Waals surface area (Å²) in [6.07, 6.45) is 0.855. The third-order valence-electron chi connectivity index (χ3n) is 2.63. The number of alkyl halides is 2. The number of carbonyl (C=O) groups is 2. The topological polar surface area (TPSA) is 61.8 Å². The molecule has 1 aromatic carbocycles. The van der Waals surface area contributed by atoms with Crippen molar-refractivity contribution < 1.29 is 37.0 Å². The second kappa shape index (κ2) is 5.70. The van der Waals surface area contributed by atoms with Crippen LogP contribution >= 0.6 is 0 Å². The van der Waals surface area contributed by atoms with Gasteiger partial charge in [0.2, 0.25) is 0 Å². The van der Waals surface area contributed by atoms with E-state index >= 15 is 0 Å². The second-order valence-corrected chi connectivity index (χ2v) is 4.77. The third-order valence-corrected chi connectivity index (χ3v) is 2.63. The van der Waals surface area contributed by atoms with Gasteiger partial charge in [-0.25, -0.2) is 14.0 Å². The first-order valence-corrected chi connectivity index (χ1v) is 6.11. The minimum absolute atomic E-state index is 0.290. The summed E-state index contributed by atoms with van der Waals surface area (Å²) in [5, 5.41) is 0. The maximum absolute atomic E-state index is 14.0. The molecule has 1 aliphatic heterocycles. The third kappa shape index (κ3) is 3.38. The molecule has 0 bridgehead atoms. The molecule has 1 heterocycles. The van der Waals surface area contributed by atoms with Crippen molar-refractivity contribution in [2.24, 2.45) is 0 Å². The van der Waals surface area contributed by atoms with Crippen molar-refractivity contribution in [3.8, 4) is 5.75 Å². The molecule has 1 fully saturated rings. The van der Waals surface area contributed by atoms with Crippen molar-refractivity contribution in [3.05, 3.63) is 35.2 Å². The average molecular weight is 316 g/mol. The van der Waals surface area contributed by atoms with E-state index in [0.29, 0.717) is 0 Å². The van der Waals surface area contributed by atoms with E-state index in [-0.39, 0.29) is 5.56 Å². The van der Waals surface area contributed by atoms with Crippen LogP contribution in [0.2, 0.25) is 0 Å². The van der Waals surface area contributed by atoms with Gasteiger partial charge in [-0.2, -0.15) is 8.78 Å². The predicted octanol–water partition coefficient (Wildman–Crippen LogP) is 2.65. The van der Waals surface area contributed by atoms with Crippen LogP contribution in [0.4, 0.5) is 13.2 Å². The minimum Gasteiger partial charge on any atom is -0.432 e. The van der Waals surface area contributed by atoms with E-state index in [0.717, 1.165) is 12.1 Å². The molecule has 0 radical (unpaired) electrons. The van der Waals surface area contributed by atoms with Crippen LogP contribution in [-0.4, -0.2) is 24.3 Å². The van der Waals surface area contributed by atoms with Crippen molar-refractivity contribution in [1.82, 2.24) is 0 Å². The summed E-state index contributed by atoms with van der Waals surface area (Å²) < 4.78 is 52.0. The molecular weight excluding hydrogens is 305 g/mol. The van der Waals surface area contributed by atoms with Crippen LogP contribution in [0.15, 0.2) is 23.8 Å². The fourth-order valence-electron chi connectivity index (χ4n) is 1.76. The Morgan fingerprint density at radius 1 is 1.18 bits per heavy atom. The lowest BCUT2D eigenvalue weighted by atomic mass is 10.1. The second-order valence-electron chi connectivity index (χ2n) is 4.77. The molecule has 0 N–H and O–H groups in total. The highest BCUT2D eigenvalue weighted by atomic mass is 19.3. The Morgan fingerprint density at radius 3 is 2.32 bits per heavy atom. The van der Waals surface area contributed by atoms with Gasteiger partial charge in [-0.15, -0.1) is 0 Å². The van der Waals surface area contributed by atoms with Crippen LogP contribution in [-0.2, 0) is 19.1 Å². The monoisotopic (exact) mass is 316 g/mol. The molecule has 118 valence electrons. The van der Waals surface area contributed by atoms with Crippen molar-refractivity contribution in [3.63, 3.8) is 0 Å². The molecule has 8 heteroatoms. The number of cyclic esters (lactones) is 2. The van der Waals surface area contributed by atoms with Crippen LogP contribution in [0, 0.1) is 5.82 Å². The SMILES string of the molecule is CC1(C)OC(=O)C(=Cc2cccc(OC(F)F)c2F)C(=O)O1. The lowest BCUT2D eigenvalue weighted by molar-refractivity contribution is -0.222. The van der Waals surface area contributed by atoms with Gasteiger partial charge in [0.15, 0.2) is 11.6 Å². The number of benzene rings is 1. The molecule has 0 spiro atoms. The van der Waals surface area contributed by atoms with Crippen molar-refractivity contribution in [1.29, 1.82) is 0 Å². The summed E-state index contributed by atoms with van der Waals surface area (Å²) >= 11 is 0. The molecule has 0 amide bonds. The molecule has 1 aliphatic rings. The zero-order valence-corrected chi connectivity index (χ0v) is 11.6. The highest BCUT2D eigenvalue weighted by Crippen LogP contribution is 2.27. The normalized spacial score (nSPS) is 17.1. The van der Waals surface area contributed by atoms with Gasteiger partial charge in [0, 0.05) is 19.4 Å². The van der Waals surface area contributed by atoms with Crippen LogP contribution < -0.4 is 4.74 Å². The van der Waals surface area contributed by atoms with E-state index in [1.54, 1.807) is 0 Å². The highest BCUT2D eigenvalue weighted by molar-refractivity contribution is 6.18. The lowest BCUT2D eigenvalue weighted by Gasteiger charge is -2.29. The number of hydrogen-bond acceptors (Lipinski definition) is 5. The van der Waals surface area contributed by atoms with Crippen LogP contribution in [0.5, 0.6) is 5.75 Å². The summed E-state index contributed by atoms with van der Waals surface area (Å²) in [5.41, 5.74) is -0.839. The molecular formula is C14H11F3O5. The van der Waals surface area contributed by atoms with Gasteiger partial charge >= 0.3 is 18.6 Å². The number of rotatable bonds is 3. The van der Waals surface area contributed by atoms with Gasteiger partial charge in [-0.3, -0.25) is 0 Å². The zero-order valence-electron chi connectivity index (χ0n) is 11.6. The predicted molar refractivity (Wildman–Crippen MR) is 67.3 cm³/mol. The highest BCUT2D eigenvalue weighted by Gasteiger charge is 2.39. The Bertz CT molecular complexity index is 630. The first-order valence-electron chi connectivity index (χ1n) is 6.11. The standard InChI is InChI=1S/C14H11F3O5/c1-14(2)21-11(18)8(12(19)22-14)6-7-4-3-5-9(10(7)15)20-13(16)17/h3-6,13H,1-2H3. The van der Waals surface area contributed by atoms with Crippen LogP contribution in [0.25, 0.3) is 6.08 Å². The Balaban J connectivity index is 2.37. The van der Waals surface area contributed by atoms with E-state index in [4.69, 9.17) is 9.47 Å². The van der Waals surface area contributed by atoms with Gasteiger partial charge in [-0.1, -0.05) is 12.1 Å². The maximum Gasteiger partial charge on any atom is 0.387 e. The molecule has 1 aromatic rings. The molecule has 0 aliphatic carbocycles. The van der Waals surface area contributed by atoms with Gasteiger partial charge in [0.25, 0.3) is 5.79 Å². The largest absolute Gasteiger partial charge is 0.432 e. The molecule has 0 unspecified atom stereocenters. The molecule has 0 aromatic heterocycles. The number of halogens is 3. The summed E-state index contributed by atoms with van der Waals surface area (Å²) in [6.45, 7) is -0.489. The Hall–Kier alpha value is -2.51. The first-order chi connectivity index (χ1) is 10.2. The summed E-state index contributed by atoms with van der Waals surface area (Å²) in [6, 6.07) is 3.40. The van der Waals surface area contributed by atoms with E-state index in [9.17, 15) is 22.8 Å². The van der Waals surface area contributed by atoms with E-state index in [1.807, 2.05) is 0 Å². The number of carbonyl (C=O) groups excluding carboxylic acids is 2. The fraction of sp³-hybridized carbons (Fsp3) is 0.286. The van der Waals surface area contributed by atoms with Gasteiger partial charge in [-0.05, 0) is 12.1 Å². The fourth-order valence-corrected chi connectivity index (χ4v) is 1.76. The van der Waals surface area contributed by atoms with E-state index in [1.165, 1.54) is 26.0 Å². The summed E-state index contributed by atoms with van der Waals surface area (Å²) in [5.74, 6) is -5.27. The molecule has 1 saturated heterocycles. The van der Waals surface area contributed by atoms with Gasteiger partial charge in [0.1, 0.15) is 5.57 Å². The molecule has 2 rings (SSSR count). The quantitative estimate of drug-likeness (QED) is 0.487. The lowest BCUT2D eigenvalue weighted by Crippen LogP contribution is -2.41. The van der Waals surface area contributed by atoms with E-state index < -0.39 is 41.5 Å². The molecule has 5 nitrogen and oxygen atoms in total. The molecule has 0 saturated carbocycles. The summed E-state index contributed by atoms with van der Waals surface area (Å²) in [7, 11) is 0. The van der Waals surface area contributed by atoms with Crippen molar-refractivity contribution >= 4 is 18.0 Å². The number of ether oxygens (including phenoxy) is 3. The maximum atomic E-state index is 14.0. The number of hydrogen-bond donors (Lipinski definition) is 0. The Kier molecular flexibility index (Phi) is 4.11. The first kappa shape index (κ1) is 15.9. The zero-order chi connectivity index (χ0) is 16.5. The van der Waals surface area contributed by atoms with Crippen LogP contribution in [0.1, 0.15) is 19.4 Å². The average Bonchev–Trinajstić information content (AvgIpc) is 2.36. The van der Waals surface area contributed by atoms with Crippen molar-refractivity contribution in [2.45, 2.75) is 26.2 Å².